The maximum atomic E-state index is 11.6. The van der Waals surface area contributed by atoms with Crippen LogP contribution in [0, 0.1) is 15.5 Å². The molecule has 2 aromatic rings. The van der Waals surface area contributed by atoms with Gasteiger partial charge in [0.05, 0.1) is 0 Å². The first-order chi connectivity index (χ1) is 17.6. The third-order valence-corrected chi connectivity index (χ3v) is 10.9. The van der Waals surface area contributed by atoms with Gasteiger partial charge in [-0.15, -0.1) is 0 Å². The molecular weight excluding hydrogens is 549 g/mol. The third kappa shape index (κ3) is 5.70. The van der Waals surface area contributed by atoms with Crippen LogP contribution < -0.4 is 9.64 Å². The maximum absolute atomic E-state index is 11.6. The van der Waals surface area contributed by atoms with E-state index in [-0.39, 0.29) is 38.9 Å². The van der Waals surface area contributed by atoms with E-state index in [9.17, 15) is 10.1 Å². The second kappa shape index (κ2) is 11.4. The summed E-state index contributed by atoms with van der Waals surface area (Å²) >= 11 is -0.231. The molecule has 0 N–H and O–H groups in total. The zero-order valence-electron chi connectivity index (χ0n) is 23.3. The van der Waals surface area contributed by atoms with Crippen molar-refractivity contribution in [2.75, 3.05) is 4.90 Å². The van der Waals surface area contributed by atoms with Crippen LogP contribution >= 0.6 is 0 Å². The summed E-state index contributed by atoms with van der Waals surface area (Å²) in [4.78, 5) is 14.1. The second-order valence-corrected chi connectivity index (χ2v) is 13.6. The minimum atomic E-state index is -0.300. The van der Waals surface area contributed by atoms with Crippen molar-refractivity contribution in [2.45, 2.75) is 109 Å². The van der Waals surface area contributed by atoms with Gasteiger partial charge >= 0.3 is 231 Å². The zero-order valence-corrected chi connectivity index (χ0v) is 25.1. The summed E-state index contributed by atoms with van der Waals surface area (Å²) in [6.45, 7) is 13.4. The van der Waals surface area contributed by atoms with Gasteiger partial charge in [-0.3, -0.25) is 0 Å². The number of para-hydroxylation sites is 1. The molecule has 0 bridgehead atoms. The molecule has 2 aliphatic rings. The molecule has 6 heteroatoms. The van der Waals surface area contributed by atoms with E-state index in [4.69, 9.17) is 4.74 Å². The SMILES string of the molecule is CCc1cccc(CC)c1N1[CH]([Ru-]=[CH]c2cc([N+](=O)[O-])ccc2OC(C)C)C2(CCCCC2)CC1(C)C. The van der Waals surface area contributed by atoms with E-state index in [2.05, 4.69) is 55.4 Å². The molecule has 2 aromatic carbocycles. The normalized spacial score (nSPS) is 21.2. The molecule has 1 unspecified atom stereocenters. The number of non-ortho nitro benzene ring substituents is 1. The topological polar surface area (TPSA) is 55.6 Å². The summed E-state index contributed by atoms with van der Waals surface area (Å²) in [7, 11) is 0. The van der Waals surface area contributed by atoms with Gasteiger partial charge in [0.1, 0.15) is 0 Å². The Bertz CT molecular complexity index is 1130. The fraction of sp³-hybridized carbons (Fsp3) is 0.581. The number of nitro benzene ring substituents is 1. The fourth-order valence-electron chi connectivity index (χ4n) is 6.59. The van der Waals surface area contributed by atoms with Crippen LogP contribution in [0.4, 0.5) is 11.4 Å². The Hall–Kier alpha value is -2.07. The van der Waals surface area contributed by atoms with E-state index in [1.807, 2.05) is 13.8 Å². The van der Waals surface area contributed by atoms with Crippen LogP contribution in [0.1, 0.15) is 96.8 Å². The summed E-state index contributed by atoms with van der Waals surface area (Å²) in [6, 6.07) is 11.9. The summed E-state index contributed by atoms with van der Waals surface area (Å²) in [5.41, 5.74) is 5.67. The molecule has 1 atom stereocenters. The first kappa shape index (κ1) is 28.0. The summed E-state index contributed by atoms with van der Waals surface area (Å²) in [5, 5.41) is 11.6. The van der Waals surface area contributed by atoms with Crippen LogP contribution in [0.5, 0.6) is 5.75 Å². The van der Waals surface area contributed by atoms with Crippen molar-refractivity contribution < 1.29 is 26.3 Å². The molecule has 4 rings (SSSR count). The Morgan fingerprint density at radius 2 is 1.76 bits per heavy atom. The Kier molecular flexibility index (Phi) is 8.58. The van der Waals surface area contributed by atoms with Crippen LogP contribution in [0.2, 0.25) is 0 Å². The van der Waals surface area contributed by atoms with Gasteiger partial charge in [0.15, 0.2) is 0 Å². The molecule has 1 saturated carbocycles. The number of hydrogen-bond acceptors (Lipinski definition) is 4. The van der Waals surface area contributed by atoms with Crippen molar-refractivity contribution in [3.63, 3.8) is 0 Å². The molecule has 204 valence electrons. The molecule has 0 aromatic heterocycles. The fourth-order valence-corrected chi connectivity index (χ4v) is 9.95. The molecule has 1 saturated heterocycles. The second-order valence-electron chi connectivity index (χ2n) is 11.6. The predicted molar refractivity (Wildman–Crippen MR) is 150 cm³/mol. The molecule has 5 nitrogen and oxygen atoms in total. The van der Waals surface area contributed by atoms with Gasteiger partial charge in [-0.2, -0.15) is 0 Å². The first-order valence-electron chi connectivity index (χ1n) is 13.9. The van der Waals surface area contributed by atoms with E-state index in [0.717, 1.165) is 24.2 Å². The van der Waals surface area contributed by atoms with Crippen molar-refractivity contribution >= 4 is 16.0 Å². The van der Waals surface area contributed by atoms with Crippen molar-refractivity contribution in [1.29, 1.82) is 0 Å². The van der Waals surface area contributed by atoms with Crippen molar-refractivity contribution in [3.8, 4) is 5.75 Å². The molecule has 2 fully saturated rings. The Labute approximate surface area is 230 Å². The van der Waals surface area contributed by atoms with Gasteiger partial charge in [0, 0.05) is 0 Å². The quantitative estimate of drug-likeness (QED) is 0.179. The van der Waals surface area contributed by atoms with Gasteiger partial charge in [-0.25, -0.2) is 0 Å². The zero-order chi connectivity index (χ0) is 26.8. The number of benzene rings is 2. The third-order valence-electron chi connectivity index (χ3n) is 8.05. The molecule has 1 aliphatic carbocycles. The van der Waals surface area contributed by atoms with Gasteiger partial charge in [-0.05, 0) is 0 Å². The van der Waals surface area contributed by atoms with Gasteiger partial charge in [0.2, 0.25) is 0 Å². The van der Waals surface area contributed by atoms with E-state index in [1.165, 1.54) is 55.3 Å². The van der Waals surface area contributed by atoms with Crippen LogP contribution in [-0.2, 0) is 29.5 Å². The van der Waals surface area contributed by atoms with Crippen LogP contribution in [0.25, 0.3) is 0 Å². The number of rotatable bonds is 8. The Morgan fingerprint density at radius 3 is 2.32 bits per heavy atom. The van der Waals surface area contributed by atoms with Crippen LogP contribution in [-0.4, -0.2) is 25.8 Å². The standard InChI is InChI=1S/C21H32N.C10H11NO3.Ru/c1-5-17-11-10-12-18(6-2)19(17)22-16-21(15-20(22,3)4)13-8-7-9-14-21;1-7(2)14-10-5-4-9(11(12)13)6-8(10)3;/h10-12,16H,5-9,13-15H2,1-4H3;3-7H,1-2H3;/q;;-1. The van der Waals surface area contributed by atoms with Gasteiger partial charge in [-0.1, -0.05) is 0 Å². The molecule has 1 heterocycles. The van der Waals surface area contributed by atoms with E-state index < -0.39 is 0 Å². The van der Waals surface area contributed by atoms with E-state index >= 15 is 0 Å². The van der Waals surface area contributed by atoms with Crippen molar-refractivity contribution in [3.05, 3.63) is 63.2 Å². The van der Waals surface area contributed by atoms with Gasteiger partial charge in [0.25, 0.3) is 0 Å². The summed E-state index contributed by atoms with van der Waals surface area (Å²) in [6.07, 6.45) is 9.75. The van der Waals surface area contributed by atoms with Crippen LogP contribution in [0.3, 0.4) is 0 Å². The minimum absolute atomic E-state index is 0.0135. The number of nitrogens with zero attached hydrogens (tertiary/aromatic N) is 2. The van der Waals surface area contributed by atoms with E-state index in [0.29, 0.717) is 10.1 Å². The predicted octanol–water partition coefficient (Wildman–Crippen LogP) is 7.71. The Balaban J connectivity index is 1.87. The molecule has 1 aliphatic heterocycles. The number of nitro groups is 1. The Morgan fingerprint density at radius 1 is 1.11 bits per heavy atom. The van der Waals surface area contributed by atoms with Gasteiger partial charge < -0.3 is 0 Å². The number of aryl methyl sites for hydroxylation is 2. The molecule has 1 spiro atoms. The van der Waals surface area contributed by atoms with E-state index in [1.54, 1.807) is 18.2 Å². The monoisotopic (exact) mass is 593 g/mol. The molecule has 0 amide bonds. The number of ether oxygens (including phenoxy) is 1. The first-order valence-corrected chi connectivity index (χ1v) is 15.9. The van der Waals surface area contributed by atoms with Crippen molar-refractivity contribution in [1.82, 2.24) is 0 Å². The number of anilines is 1. The van der Waals surface area contributed by atoms with Crippen LogP contribution in [0.15, 0.2) is 36.4 Å². The summed E-state index contributed by atoms with van der Waals surface area (Å²) in [5.74, 6) is 0.750. The molecule has 0 radical (unpaired) electrons. The molecular formula is C31H43N2O3Ru-. The number of hydrogen-bond donors (Lipinski definition) is 0. The average Bonchev–Trinajstić information content (AvgIpc) is 3.07. The molecule has 37 heavy (non-hydrogen) atoms. The summed E-state index contributed by atoms with van der Waals surface area (Å²) < 4.78 is 8.85. The average molecular weight is 593 g/mol. The van der Waals surface area contributed by atoms with Crippen molar-refractivity contribution in [2.24, 2.45) is 5.41 Å².